The van der Waals surface area contributed by atoms with E-state index in [4.69, 9.17) is 4.98 Å². The molecule has 1 fully saturated rings. The summed E-state index contributed by atoms with van der Waals surface area (Å²) >= 11 is 1.80. The molecule has 1 heterocycles. The van der Waals surface area contributed by atoms with Gasteiger partial charge in [-0.15, -0.1) is 11.3 Å². The number of aromatic nitrogens is 1. The van der Waals surface area contributed by atoms with Gasteiger partial charge in [0.05, 0.1) is 10.7 Å². The van der Waals surface area contributed by atoms with Gasteiger partial charge < -0.3 is 5.32 Å². The summed E-state index contributed by atoms with van der Waals surface area (Å²) in [6.07, 6.45) is 6.86. The van der Waals surface area contributed by atoms with Gasteiger partial charge in [-0.3, -0.25) is 0 Å². The first kappa shape index (κ1) is 15.0. The molecule has 2 nitrogen and oxygen atoms in total. The zero-order chi connectivity index (χ0) is 13.9. The largest absolute Gasteiger partial charge is 0.308 e. The summed E-state index contributed by atoms with van der Waals surface area (Å²) in [6.45, 7) is 9.96. The summed E-state index contributed by atoms with van der Waals surface area (Å²) in [4.78, 5) is 4.77. The van der Waals surface area contributed by atoms with E-state index < -0.39 is 0 Å². The van der Waals surface area contributed by atoms with Crippen molar-refractivity contribution in [3.8, 4) is 0 Å². The van der Waals surface area contributed by atoms with Crippen LogP contribution in [0.4, 0.5) is 0 Å². The van der Waals surface area contributed by atoms with E-state index in [9.17, 15) is 0 Å². The Balaban J connectivity index is 1.89. The minimum atomic E-state index is 0.180. The average molecular weight is 280 g/mol. The molecule has 2 rings (SSSR count). The quantitative estimate of drug-likeness (QED) is 0.878. The number of nitrogens with zero attached hydrogens (tertiary/aromatic N) is 1. The summed E-state index contributed by atoms with van der Waals surface area (Å²) in [5.74, 6) is 0.870. The second-order valence-electron chi connectivity index (χ2n) is 6.83. The zero-order valence-electron chi connectivity index (χ0n) is 12.8. The van der Waals surface area contributed by atoms with Gasteiger partial charge in [0.1, 0.15) is 0 Å². The molecule has 108 valence electrons. The Labute approximate surface area is 122 Å². The topological polar surface area (TPSA) is 24.9 Å². The maximum atomic E-state index is 4.77. The van der Waals surface area contributed by atoms with Crippen LogP contribution in [0.3, 0.4) is 0 Å². The second kappa shape index (κ2) is 6.36. The summed E-state index contributed by atoms with van der Waals surface area (Å²) in [7, 11) is 0. The summed E-state index contributed by atoms with van der Waals surface area (Å²) in [5.41, 5.74) is 1.40. The number of thiazole rings is 1. The third-order valence-corrected chi connectivity index (χ3v) is 5.49. The molecule has 1 aromatic heterocycles. The van der Waals surface area contributed by atoms with Crippen LogP contribution in [-0.4, -0.2) is 11.0 Å². The van der Waals surface area contributed by atoms with Crippen molar-refractivity contribution in [1.82, 2.24) is 10.3 Å². The SMILES string of the molecule is CCC1CCCCC1NCc1csc(C(C)(C)C)n1. The normalized spacial score (nSPS) is 24.6. The Morgan fingerprint density at radius 1 is 1.32 bits per heavy atom. The molecule has 1 aliphatic rings. The summed E-state index contributed by atoms with van der Waals surface area (Å²) < 4.78 is 0. The summed E-state index contributed by atoms with van der Waals surface area (Å²) in [6, 6.07) is 0.707. The Bertz CT molecular complexity index is 392. The van der Waals surface area contributed by atoms with Crippen molar-refractivity contribution in [2.24, 2.45) is 5.92 Å². The predicted octanol–water partition coefficient (Wildman–Crippen LogP) is 4.50. The van der Waals surface area contributed by atoms with Gasteiger partial charge in [0.15, 0.2) is 0 Å². The minimum Gasteiger partial charge on any atom is -0.308 e. The molecule has 0 aromatic carbocycles. The van der Waals surface area contributed by atoms with Crippen molar-refractivity contribution in [3.05, 3.63) is 16.1 Å². The van der Waals surface area contributed by atoms with Crippen molar-refractivity contribution in [2.75, 3.05) is 0 Å². The van der Waals surface area contributed by atoms with E-state index in [1.807, 2.05) is 0 Å². The van der Waals surface area contributed by atoms with E-state index in [-0.39, 0.29) is 5.41 Å². The van der Waals surface area contributed by atoms with Crippen LogP contribution in [0.15, 0.2) is 5.38 Å². The lowest BCUT2D eigenvalue weighted by atomic mass is 9.83. The first-order chi connectivity index (χ1) is 9.00. The van der Waals surface area contributed by atoms with Crippen LogP contribution < -0.4 is 5.32 Å². The van der Waals surface area contributed by atoms with Crippen LogP contribution in [0, 0.1) is 5.92 Å². The molecule has 2 atom stereocenters. The van der Waals surface area contributed by atoms with E-state index in [0.717, 1.165) is 12.5 Å². The van der Waals surface area contributed by atoms with Gasteiger partial charge in [0, 0.05) is 23.4 Å². The lowest BCUT2D eigenvalue weighted by Crippen LogP contribution is -2.37. The van der Waals surface area contributed by atoms with E-state index in [0.29, 0.717) is 6.04 Å². The van der Waals surface area contributed by atoms with E-state index >= 15 is 0 Å². The van der Waals surface area contributed by atoms with Crippen LogP contribution in [-0.2, 0) is 12.0 Å². The van der Waals surface area contributed by atoms with Crippen LogP contribution in [0.2, 0.25) is 0 Å². The summed E-state index contributed by atoms with van der Waals surface area (Å²) in [5, 5.41) is 7.22. The first-order valence-electron chi connectivity index (χ1n) is 7.69. The molecular weight excluding hydrogens is 252 g/mol. The molecule has 1 saturated carbocycles. The highest BCUT2D eigenvalue weighted by molar-refractivity contribution is 7.09. The lowest BCUT2D eigenvalue weighted by molar-refractivity contribution is 0.254. The lowest BCUT2D eigenvalue weighted by Gasteiger charge is -2.31. The molecule has 19 heavy (non-hydrogen) atoms. The van der Waals surface area contributed by atoms with Crippen molar-refractivity contribution >= 4 is 11.3 Å². The van der Waals surface area contributed by atoms with Crippen molar-refractivity contribution in [3.63, 3.8) is 0 Å². The number of rotatable bonds is 4. The fourth-order valence-electron chi connectivity index (χ4n) is 2.93. The van der Waals surface area contributed by atoms with Gasteiger partial charge in [-0.25, -0.2) is 4.98 Å². The Morgan fingerprint density at radius 3 is 2.68 bits per heavy atom. The van der Waals surface area contributed by atoms with Crippen LogP contribution in [0.5, 0.6) is 0 Å². The molecular formula is C16H28N2S. The maximum absolute atomic E-state index is 4.77. The molecule has 0 spiro atoms. The Kier molecular flexibility index (Phi) is 5.02. The highest BCUT2D eigenvalue weighted by atomic mass is 32.1. The fraction of sp³-hybridized carbons (Fsp3) is 0.812. The van der Waals surface area contributed by atoms with E-state index in [1.54, 1.807) is 11.3 Å². The Hall–Kier alpha value is -0.410. The smallest absolute Gasteiger partial charge is 0.0982 e. The van der Waals surface area contributed by atoms with Gasteiger partial charge in [-0.1, -0.05) is 47.0 Å². The van der Waals surface area contributed by atoms with Crippen molar-refractivity contribution in [2.45, 2.75) is 77.8 Å². The monoisotopic (exact) mass is 280 g/mol. The Morgan fingerprint density at radius 2 is 2.05 bits per heavy atom. The van der Waals surface area contributed by atoms with Crippen molar-refractivity contribution in [1.29, 1.82) is 0 Å². The molecule has 2 unspecified atom stereocenters. The van der Waals surface area contributed by atoms with Crippen LogP contribution in [0.1, 0.15) is 70.5 Å². The highest BCUT2D eigenvalue weighted by Gasteiger charge is 2.23. The second-order valence-corrected chi connectivity index (χ2v) is 7.69. The van der Waals surface area contributed by atoms with Gasteiger partial charge in [0.2, 0.25) is 0 Å². The first-order valence-corrected chi connectivity index (χ1v) is 8.57. The van der Waals surface area contributed by atoms with Gasteiger partial charge in [-0.05, 0) is 18.8 Å². The van der Waals surface area contributed by atoms with Gasteiger partial charge >= 0.3 is 0 Å². The molecule has 0 aliphatic heterocycles. The minimum absolute atomic E-state index is 0.180. The average Bonchev–Trinajstić information content (AvgIpc) is 2.85. The maximum Gasteiger partial charge on any atom is 0.0982 e. The van der Waals surface area contributed by atoms with Gasteiger partial charge in [0.25, 0.3) is 0 Å². The predicted molar refractivity (Wildman–Crippen MR) is 83.7 cm³/mol. The molecule has 0 bridgehead atoms. The molecule has 0 saturated heterocycles. The standard InChI is InChI=1S/C16H28N2S/c1-5-12-8-6-7-9-14(12)17-10-13-11-19-15(18-13)16(2,3)4/h11-12,14,17H,5-10H2,1-4H3. The molecule has 1 aromatic rings. The third-order valence-electron chi connectivity index (χ3n) is 4.17. The van der Waals surface area contributed by atoms with Gasteiger partial charge in [-0.2, -0.15) is 0 Å². The number of hydrogen-bond donors (Lipinski definition) is 1. The zero-order valence-corrected chi connectivity index (χ0v) is 13.6. The molecule has 0 radical (unpaired) electrons. The number of hydrogen-bond acceptors (Lipinski definition) is 3. The molecule has 1 aliphatic carbocycles. The van der Waals surface area contributed by atoms with Crippen LogP contribution in [0.25, 0.3) is 0 Å². The molecule has 1 N–H and O–H groups in total. The van der Waals surface area contributed by atoms with E-state index in [1.165, 1.54) is 42.8 Å². The highest BCUT2D eigenvalue weighted by Crippen LogP contribution is 2.28. The fourth-order valence-corrected chi connectivity index (χ4v) is 3.84. The van der Waals surface area contributed by atoms with Crippen molar-refractivity contribution < 1.29 is 0 Å². The molecule has 3 heteroatoms. The van der Waals surface area contributed by atoms with Crippen LogP contribution >= 0.6 is 11.3 Å². The van der Waals surface area contributed by atoms with E-state index in [2.05, 4.69) is 38.4 Å². The number of nitrogens with one attached hydrogen (secondary N) is 1. The molecule has 0 amide bonds. The third kappa shape index (κ3) is 4.03.